The Morgan fingerprint density at radius 3 is 2.59 bits per heavy atom. The zero-order chi connectivity index (χ0) is 12.3. The van der Waals surface area contributed by atoms with Crippen molar-refractivity contribution in [2.24, 2.45) is 0 Å². The molecule has 1 aromatic heterocycles. The van der Waals surface area contributed by atoms with Crippen molar-refractivity contribution in [1.82, 2.24) is 15.0 Å². The van der Waals surface area contributed by atoms with Gasteiger partial charge in [0.1, 0.15) is 0 Å². The molecule has 1 aliphatic rings. The quantitative estimate of drug-likeness (QED) is 0.839. The van der Waals surface area contributed by atoms with Crippen LogP contribution in [-0.4, -0.2) is 45.7 Å². The van der Waals surface area contributed by atoms with Crippen LogP contribution in [0.2, 0.25) is 5.28 Å². The molecular weight excluding hydrogens is 260 g/mol. The predicted molar refractivity (Wildman–Crippen MR) is 70.1 cm³/mol. The van der Waals surface area contributed by atoms with E-state index >= 15 is 0 Å². The van der Waals surface area contributed by atoms with Crippen LogP contribution in [0, 0.1) is 0 Å². The van der Waals surface area contributed by atoms with E-state index in [0.717, 1.165) is 24.6 Å². The van der Waals surface area contributed by atoms with Crippen LogP contribution in [-0.2, 0) is 0 Å². The highest BCUT2D eigenvalue weighted by Gasteiger charge is 2.16. The van der Waals surface area contributed by atoms with Crippen LogP contribution in [0.15, 0.2) is 0 Å². The number of hydrogen-bond donors (Lipinski definition) is 0. The number of aromatic nitrogens is 3. The molecule has 0 aliphatic carbocycles. The van der Waals surface area contributed by atoms with E-state index in [9.17, 15) is 0 Å². The summed E-state index contributed by atoms with van der Waals surface area (Å²) in [5.41, 5.74) is 0. The molecule has 0 N–H and O–H groups in total. The standard InChI is InChI=1S/C10H15ClN4OS/c1-7(2)16-10-13-8(11)12-9(14-10)15-3-5-17-6-4-15/h7H,3-6H2,1-2H3. The topological polar surface area (TPSA) is 51.1 Å². The van der Waals surface area contributed by atoms with E-state index in [0.29, 0.717) is 12.0 Å². The number of nitrogens with zero attached hydrogens (tertiary/aromatic N) is 4. The largest absolute Gasteiger partial charge is 0.461 e. The van der Waals surface area contributed by atoms with Crippen LogP contribution >= 0.6 is 23.4 Å². The molecule has 0 spiro atoms. The summed E-state index contributed by atoms with van der Waals surface area (Å²) in [5.74, 6) is 2.79. The van der Waals surface area contributed by atoms with E-state index in [1.54, 1.807) is 0 Å². The second-order valence-corrected chi connectivity index (χ2v) is 5.52. The number of ether oxygens (including phenoxy) is 1. The molecule has 0 atom stereocenters. The second kappa shape index (κ2) is 5.73. The van der Waals surface area contributed by atoms with Gasteiger partial charge in [0.15, 0.2) is 0 Å². The van der Waals surface area contributed by atoms with Gasteiger partial charge in [-0.15, -0.1) is 0 Å². The fraction of sp³-hybridized carbons (Fsp3) is 0.700. The van der Waals surface area contributed by atoms with E-state index in [-0.39, 0.29) is 11.4 Å². The normalized spacial score (nSPS) is 16.4. The highest BCUT2D eigenvalue weighted by Crippen LogP contribution is 2.19. The smallest absolute Gasteiger partial charge is 0.322 e. The summed E-state index contributed by atoms with van der Waals surface area (Å²) in [7, 11) is 0. The first-order valence-electron chi connectivity index (χ1n) is 5.56. The summed E-state index contributed by atoms with van der Waals surface area (Å²) in [5, 5.41) is 0.184. The van der Waals surface area contributed by atoms with Gasteiger partial charge in [0, 0.05) is 24.6 Å². The number of rotatable bonds is 3. The lowest BCUT2D eigenvalue weighted by molar-refractivity contribution is 0.221. The van der Waals surface area contributed by atoms with Crippen molar-refractivity contribution in [2.45, 2.75) is 20.0 Å². The van der Waals surface area contributed by atoms with Crippen LogP contribution in [0.3, 0.4) is 0 Å². The molecule has 5 nitrogen and oxygen atoms in total. The Labute approximate surface area is 110 Å². The molecule has 7 heteroatoms. The van der Waals surface area contributed by atoms with Crippen LogP contribution < -0.4 is 9.64 Å². The fourth-order valence-corrected chi connectivity index (χ4v) is 2.54. The highest BCUT2D eigenvalue weighted by molar-refractivity contribution is 7.99. The minimum Gasteiger partial charge on any atom is -0.461 e. The Hall–Kier alpha value is -0.750. The molecule has 1 aliphatic heterocycles. The third-order valence-corrected chi connectivity index (χ3v) is 3.32. The first-order valence-corrected chi connectivity index (χ1v) is 7.09. The van der Waals surface area contributed by atoms with E-state index in [1.165, 1.54) is 0 Å². The zero-order valence-electron chi connectivity index (χ0n) is 9.89. The van der Waals surface area contributed by atoms with Gasteiger partial charge in [0.25, 0.3) is 0 Å². The Morgan fingerprint density at radius 2 is 1.94 bits per heavy atom. The Morgan fingerprint density at radius 1 is 1.24 bits per heavy atom. The predicted octanol–water partition coefficient (Wildman–Crippen LogP) is 1.87. The molecule has 1 fully saturated rings. The Kier molecular flexibility index (Phi) is 4.28. The average Bonchev–Trinajstić information content (AvgIpc) is 2.28. The lowest BCUT2D eigenvalue weighted by atomic mass is 10.5. The molecule has 1 saturated heterocycles. The molecule has 0 radical (unpaired) electrons. The van der Waals surface area contributed by atoms with Gasteiger partial charge in [0.2, 0.25) is 11.2 Å². The van der Waals surface area contributed by atoms with Gasteiger partial charge in [-0.2, -0.15) is 26.7 Å². The third-order valence-electron chi connectivity index (χ3n) is 2.21. The van der Waals surface area contributed by atoms with Gasteiger partial charge in [-0.25, -0.2) is 0 Å². The summed E-state index contributed by atoms with van der Waals surface area (Å²) in [6.45, 7) is 5.72. The van der Waals surface area contributed by atoms with Crippen molar-refractivity contribution >= 4 is 29.3 Å². The molecule has 0 amide bonds. The van der Waals surface area contributed by atoms with Crippen molar-refractivity contribution in [3.8, 4) is 6.01 Å². The fourth-order valence-electron chi connectivity index (χ4n) is 1.49. The van der Waals surface area contributed by atoms with Crippen LogP contribution in [0.25, 0.3) is 0 Å². The minimum absolute atomic E-state index is 0.0261. The molecular formula is C10H15ClN4OS. The van der Waals surface area contributed by atoms with Gasteiger partial charge in [-0.05, 0) is 25.4 Å². The summed E-state index contributed by atoms with van der Waals surface area (Å²) < 4.78 is 5.45. The second-order valence-electron chi connectivity index (χ2n) is 3.95. The molecule has 0 bridgehead atoms. The first kappa shape index (κ1) is 12.7. The van der Waals surface area contributed by atoms with Gasteiger partial charge >= 0.3 is 6.01 Å². The van der Waals surface area contributed by atoms with E-state index < -0.39 is 0 Å². The number of hydrogen-bond acceptors (Lipinski definition) is 6. The maximum absolute atomic E-state index is 5.88. The molecule has 17 heavy (non-hydrogen) atoms. The minimum atomic E-state index is 0.0261. The summed E-state index contributed by atoms with van der Waals surface area (Å²) in [6.07, 6.45) is 0.0261. The molecule has 0 aromatic carbocycles. The molecule has 1 aromatic rings. The lowest BCUT2D eigenvalue weighted by Gasteiger charge is -2.26. The Bertz CT molecular complexity index is 385. The molecule has 2 heterocycles. The van der Waals surface area contributed by atoms with Gasteiger partial charge in [-0.1, -0.05) is 0 Å². The summed E-state index contributed by atoms with van der Waals surface area (Å²) >= 11 is 7.81. The number of halogens is 1. The average molecular weight is 275 g/mol. The molecule has 0 saturated carbocycles. The van der Waals surface area contributed by atoms with Gasteiger partial charge in [-0.3, -0.25) is 0 Å². The third kappa shape index (κ3) is 3.61. The van der Waals surface area contributed by atoms with Crippen LogP contribution in [0.5, 0.6) is 6.01 Å². The maximum atomic E-state index is 5.88. The van der Waals surface area contributed by atoms with E-state index in [2.05, 4.69) is 19.9 Å². The van der Waals surface area contributed by atoms with Crippen molar-refractivity contribution in [1.29, 1.82) is 0 Å². The SMILES string of the molecule is CC(C)Oc1nc(Cl)nc(N2CCSCC2)n1. The van der Waals surface area contributed by atoms with E-state index in [1.807, 2.05) is 25.6 Å². The van der Waals surface area contributed by atoms with Crippen molar-refractivity contribution in [3.63, 3.8) is 0 Å². The number of thioether (sulfide) groups is 1. The van der Waals surface area contributed by atoms with Gasteiger partial charge in [0.05, 0.1) is 6.10 Å². The van der Waals surface area contributed by atoms with Crippen molar-refractivity contribution in [2.75, 3.05) is 29.5 Å². The highest BCUT2D eigenvalue weighted by atomic mass is 35.5. The lowest BCUT2D eigenvalue weighted by Crippen LogP contribution is -2.34. The maximum Gasteiger partial charge on any atom is 0.322 e. The Balaban J connectivity index is 2.18. The van der Waals surface area contributed by atoms with Crippen LogP contribution in [0.1, 0.15) is 13.8 Å². The first-order chi connectivity index (χ1) is 8.15. The van der Waals surface area contributed by atoms with E-state index in [4.69, 9.17) is 16.3 Å². The zero-order valence-corrected chi connectivity index (χ0v) is 11.5. The molecule has 0 unspecified atom stereocenters. The van der Waals surface area contributed by atoms with Crippen LogP contribution in [0.4, 0.5) is 5.95 Å². The monoisotopic (exact) mass is 274 g/mol. The number of anilines is 1. The summed E-state index contributed by atoms with van der Waals surface area (Å²) in [6, 6.07) is 0.299. The van der Waals surface area contributed by atoms with Crippen molar-refractivity contribution in [3.05, 3.63) is 5.28 Å². The summed E-state index contributed by atoms with van der Waals surface area (Å²) in [4.78, 5) is 14.5. The van der Waals surface area contributed by atoms with Gasteiger partial charge < -0.3 is 9.64 Å². The molecule has 2 rings (SSSR count). The molecule has 94 valence electrons. The van der Waals surface area contributed by atoms with Crippen molar-refractivity contribution < 1.29 is 4.74 Å².